The minimum absolute atomic E-state index is 0.00855. The van der Waals surface area contributed by atoms with Crippen LogP contribution in [0.3, 0.4) is 0 Å². The molecule has 1 N–H and O–H groups in total. The Hall–Kier alpha value is -1.73. The SMILES string of the molecule is CCOCC(=O)N[C@H]1CC[C@H](CCN2CCN(c3ccc(F)cc3F)CC2)CC1. The number of carbonyl (C=O) groups is 1. The number of hydrogen-bond donors (Lipinski definition) is 1. The Labute approximate surface area is 172 Å². The maximum atomic E-state index is 14.0. The lowest BCUT2D eigenvalue weighted by Gasteiger charge is -2.37. The number of carbonyl (C=O) groups excluding carboxylic acids is 1. The fourth-order valence-electron chi connectivity index (χ4n) is 4.37. The first-order valence-electron chi connectivity index (χ1n) is 10.8. The molecule has 1 saturated carbocycles. The number of nitrogens with one attached hydrogen (secondary N) is 1. The van der Waals surface area contributed by atoms with E-state index in [0.29, 0.717) is 18.2 Å². The van der Waals surface area contributed by atoms with Crippen molar-refractivity contribution in [2.24, 2.45) is 5.92 Å². The summed E-state index contributed by atoms with van der Waals surface area (Å²) in [6.45, 7) is 7.00. The third kappa shape index (κ3) is 6.64. The number of ether oxygens (including phenoxy) is 1. The number of amides is 1. The normalized spacial score (nSPS) is 23.2. The van der Waals surface area contributed by atoms with Gasteiger partial charge in [-0.25, -0.2) is 8.78 Å². The summed E-state index contributed by atoms with van der Waals surface area (Å²) in [6, 6.07) is 4.09. The van der Waals surface area contributed by atoms with E-state index in [4.69, 9.17) is 4.74 Å². The average molecular weight is 410 g/mol. The monoisotopic (exact) mass is 409 g/mol. The summed E-state index contributed by atoms with van der Waals surface area (Å²) in [5.41, 5.74) is 0.496. The van der Waals surface area contributed by atoms with Crippen LogP contribution in [0.25, 0.3) is 0 Å². The molecule has 1 aromatic carbocycles. The molecule has 29 heavy (non-hydrogen) atoms. The minimum Gasteiger partial charge on any atom is -0.372 e. The molecular weight excluding hydrogens is 376 g/mol. The van der Waals surface area contributed by atoms with E-state index < -0.39 is 11.6 Å². The van der Waals surface area contributed by atoms with Crippen LogP contribution in [0.2, 0.25) is 0 Å². The number of piperazine rings is 1. The molecule has 0 spiro atoms. The largest absolute Gasteiger partial charge is 0.372 e. The quantitative estimate of drug-likeness (QED) is 0.716. The van der Waals surface area contributed by atoms with Gasteiger partial charge in [-0.1, -0.05) is 0 Å². The minimum atomic E-state index is -0.534. The summed E-state index contributed by atoms with van der Waals surface area (Å²) in [5.74, 6) is -0.314. The molecule has 0 unspecified atom stereocenters. The van der Waals surface area contributed by atoms with E-state index in [-0.39, 0.29) is 18.6 Å². The fourth-order valence-corrected chi connectivity index (χ4v) is 4.37. The van der Waals surface area contributed by atoms with Crippen LogP contribution < -0.4 is 10.2 Å². The number of rotatable bonds is 8. The van der Waals surface area contributed by atoms with Crippen LogP contribution in [0.1, 0.15) is 39.0 Å². The molecule has 7 heteroatoms. The fraction of sp³-hybridized carbons (Fsp3) is 0.682. The topological polar surface area (TPSA) is 44.8 Å². The number of benzene rings is 1. The predicted molar refractivity (Wildman–Crippen MR) is 110 cm³/mol. The third-order valence-corrected chi connectivity index (χ3v) is 6.13. The highest BCUT2D eigenvalue weighted by atomic mass is 19.1. The first kappa shape index (κ1) is 22.0. The summed E-state index contributed by atoms with van der Waals surface area (Å²) in [4.78, 5) is 16.2. The van der Waals surface area contributed by atoms with Gasteiger partial charge in [-0.3, -0.25) is 9.69 Å². The van der Waals surface area contributed by atoms with Crippen LogP contribution in [0.4, 0.5) is 14.5 Å². The van der Waals surface area contributed by atoms with E-state index in [0.717, 1.165) is 64.5 Å². The second-order valence-electron chi connectivity index (χ2n) is 8.14. The van der Waals surface area contributed by atoms with Crippen molar-refractivity contribution in [2.75, 3.05) is 50.8 Å². The maximum Gasteiger partial charge on any atom is 0.246 e. The lowest BCUT2D eigenvalue weighted by atomic mass is 9.84. The molecule has 5 nitrogen and oxygen atoms in total. The Kier molecular flexibility index (Phi) is 8.24. The number of anilines is 1. The van der Waals surface area contributed by atoms with Gasteiger partial charge in [-0.2, -0.15) is 0 Å². The van der Waals surface area contributed by atoms with Crippen molar-refractivity contribution in [1.29, 1.82) is 0 Å². The van der Waals surface area contributed by atoms with Gasteiger partial charge in [0.2, 0.25) is 5.91 Å². The average Bonchev–Trinajstić information content (AvgIpc) is 2.72. The Morgan fingerprint density at radius 1 is 1.14 bits per heavy atom. The van der Waals surface area contributed by atoms with Gasteiger partial charge < -0.3 is 15.0 Å². The molecule has 0 bridgehead atoms. The van der Waals surface area contributed by atoms with Gasteiger partial charge in [-0.15, -0.1) is 0 Å². The molecule has 2 fully saturated rings. The molecule has 1 aliphatic carbocycles. The summed E-state index contributed by atoms with van der Waals surface area (Å²) in [7, 11) is 0. The zero-order valence-electron chi connectivity index (χ0n) is 17.3. The summed E-state index contributed by atoms with van der Waals surface area (Å²) >= 11 is 0. The third-order valence-electron chi connectivity index (χ3n) is 6.13. The lowest BCUT2D eigenvalue weighted by Crippen LogP contribution is -2.47. The highest BCUT2D eigenvalue weighted by Gasteiger charge is 2.24. The molecule has 0 aromatic heterocycles. The standard InChI is InChI=1S/C22H33F2N3O2/c1-2-29-16-22(28)25-19-6-3-17(4-7-19)9-10-26-11-13-27(14-12-26)21-8-5-18(23)15-20(21)24/h5,8,15,17,19H,2-4,6-7,9-14,16H2,1H3,(H,25,28)/t17-,19-. The first-order valence-corrected chi connectivity index (χ1v) is 10.8. The van der Waals surface area contributed by atoms with Crippen LogP contribution in [-0.2, 0) is 9.53 Å². The molecule has 1 amide bonds. The van der Waals surface area contributed by atoms with Gasteiger partial charge in [0.05, 0.1) is 5.69 Å². The smallest absolute Gasteiger partial charge is 0.246 e. The van der Waals surface area contributed by atoms with Crippen molar-refractivity contribution < 1.29 is 18.3 Å². The molecule has 1 aromatic rings. The van der Waals surface area contributed by atoms with Gasteiger partial charge in [-0.05, 0) is 63.6 Å². The number of halogens is 2. The van der Waals surface area contributed by atoms with Gasteiger partial charge in [0.1, 0.15) is 18.2 Å². The van der Waals surface area contributed by atoms with Crippen molar-refractivity contribution >= 4 is 11.6 Å². The second-order valence-corrected chi connectivity index (χ2v) is 8.14. The van der Waals surface area contributed by atoms with Crippen LogP contribution in [0.15, 0.2) is 18.2 Å². The van der Waals surface area contributed by atoms with Gasteiger partial charge in [0.15, 0.2) is 0 Å². The Morgan fingerprint density at radius 3 is 2.52 bits per heavy atom. The molecule has 1 aliphatic heterocycles. The zero-order valence-corrected chi connectivity index (χ0v) is 17.3. The molecular formula is C22H33F2N3O2. The molecule has 2 aliphatic rings. The molecule has 1 heterocycles. The van der Waals surface area contributed by atoms with Gasteiger partial charge in [0, 0.05) is 44.9 Å². The van der Waals surface area contributed by atoms with E-state index in [2.05, 4.69) is 10.2 Å². The highest BCUT2D eigenvalue weighted by molar-refractivity contribution is 5.77. The molecule has 0 radical (unpaired) electrons. The lowest BCUT2D eigenvalue weighted by molar-refractivity contribution is -0.126. The molecule has 1 saturated heterocycles. The summed E-state index contributed by atoms with van der Waals surface area (Å²) in [6.07, 6.45) is 5.56. The van der Waals surface area contributed by atoms with Crippen molar-refractivity contribution in [1.82, 2.24) is 10.2 Å². The van der Waals surface area contributed by atoms with Gasteiger partial charge >= 0.3 is 0 Å². The van der Waals surface area contributed by atoms with E-state index in [1.807, 2.05) is 11.8 Å². The van der Waals surface area contributed by atoms with Crippen molar-refractivity contribution in [2.45, 2.75) is 45.1 Å². The molecule has 0 atom stereocenters. The number of hydrogen-bond acceptors (Lipinski definition) is 4. The van der Waals surface area contributed by atoms with E-state index in [1.54, 1.807) is 0 Å². The van der Waals surface area contributed by atoms with Crippen molar-refractivity contribution in [3.8, 4) is 0 Å². The Balaban J connectivity index is 1.32. The van der Waals surface area contributed by atoms with Crippen molar-refractivity contribution in [3.63, 3.8) is 0 Å². The second kappa shape index (κ2) is 10.9. The van der Waals surface area contributed by atoms with Crippen LogP contribution in [0.5, 0.6) is 0 Å². The zero-order chi connectivity index (χ0) is 20.6. The van der Waals surface area contributed by atoms with Crippen LogP contribution in [0, 0.1) is 17.6 Å². The van der Waals surface area contributed by atoms with Gasteiger partial charge in [0.25, 0.3) is 0 Å². The number of nitrogens with zero attached hydrogens (tertiary/aromatic N) is 2. The van der Waals surface area contributed by atoms with E-state index in [1.165, 1.54) is 18.6 Å². The van der Waals surface area contributed by atoms with Crippen LogP contribution in [-0.4, -0.2) is 62.8 Å². The highest BCUT2D eigenvalue weighted by Crippen LogP contribution is 2.27. The van der Waals surface area contributed by atoms with Crippen molar-refractivity contribution in [3.05, 3.63) is 29.8 Å². The Morgan fingerprint density at radius 2 is 1.86 bits per heavy atom. The first-order chi connectivity index (χ1) is 14.0. The van der Waals surface area contributed by atoms with Crippen LogP contribution >= 0.6 is 0 Å². The summed E-state index contributed by atoms with van der Waals surface area (Å²) < 4.78 is 32.2. The van der Waals surface area contributed by atoms with E-state index in [9.17, 15) is 13.6 Å². The summed E-state index contributed by atoms with van der Waals surface area (Å²) in [5, 5.41) is 3.07. The molecule has 162 valence electrons. The predicted octanol–water partition coefficient (Wildman–Crippen LogP) is 3.19. The van der Waals surface area contributed by atoms with E-state index >= 15 is 0 Å². The molecule has 3 rings (SSSR count). The maximum absolute atomic E-state index is 14.0. The Bertz CT molecular complexity index is 657.